The van der Waals surface area contributed by atoms with Gasteiger partial charge in [-0.3, -0.25) is 4.79 Å². The second kappa shape index (κ2) is 10.4. The first kappa shape index (κ1) is 23.5. The largest absolute Gasteiger partial charge is 0.444 e. The number of carbonyl (C=O) groups excluding carboxylic acids is 3. The average Bonchev–Trinajstić information content (AvgIpc) is 3.12. The fraction of sp³-hybridized carbons (Fsp3) is 0.200. The maximum Gasteiger partial charge on any atom is 0.408 e. The van der Waals surface area contributed by atoms with Crippen LogP contribution in [0, 0.1) is 0 Å². The highest BCUT2D eigenvalue weighted by Gasteiger charge is 2.27. The second-order valence-corrected chi connectivity index (χ2v) is 8.12. The third kappa shape index (κ3) is 7.46. The van der Waals surface area contributed by atoms with E-state index < -0.39 is 23.6 Å². The van der Waals surface area contributed by atoms with Gasteiger partial charge in [0.15, 0.2) is 5.70 Å². The molecule has 8 heteroatoms. The molecule has 33 heavy (non-hydrogen) atoms. The van der Waals surface area contributed by atoms with Crippen molar-refractivity contribution < 1.29 is 23.9 Å². The van der Waals surface area contributed by atoms with Crippen molar-refractivity contribution in [2.75, 3.05) is 6.54 Å². The number of amides is 2. The van der Waals surface area contributed by atoms with Gasteiger partial charge in [-0.1, -0.05) is 60.7 Å². The summed E-state index contributed by atoms with van der Waals surface area (Å²) in [6.45, 7) is 4.83. The first-order chi connectivity index (χ1) is 15.7. The minimum Gasteiger partial charge on any atom is -0.444 e. The van der Waals surface area contributed by atoms with Crippen LogP contribution in [0.5, 0.6) is 0 Å². The quantitative estimate of drug-likeness (QED) is 0.519. The monoisotopic (exact) mass is 447 g/mol. The van der Waals surface area contributed by atoms with E-state index >= 15 is 0 Å². The van der Waals surface area contributed by atoms with Gasteiger partial charge in [0.2, 0.25) is 11.8 Å². The molecule has 3 rings (SSSR count). The van der Waals surface area contributed by atoms with Crippen LogP contribution in [0.25, 0.3) is 12.2 Å². The average molecular weight is 447 g/mol. The van der Waals surface area contributed by atoms with Crippen molar-refractivity contribution >= 4 is 36.0 Å². The van der Waals surface area contributed by atoms with Crippen LogP contribution in [0.2, 0.25) is 0 Å². The summed E-state index contributed by atoms with van der Waals surface area (Å²) >= 11 is 0. The Labute approximate surface area is 192 Å². The summed E-state index contributed by atoms with van der Waals surface area (Å²) in [5, 5.41) is 5.04. The molecule has 2 N–H and O–H groups in total. The summed E-state index contributed by atoms with van der Waals surface area (Å²) in [5.41, 5.74) is 1.15. The summed E-state index contributed by atoms with van der Waals surface area (Å²) in [4.78, 5) is 40.9. The maximum absolute atomic E-state index is 12.5. The van der Waals surface area contributed by atoms with Crippen LogP contribution in [0.4, 0.5) is 4.79 Å². The molecular formula is C25H25N3O5. The Morgan fingerprint density at radius 2 is 1.61 bits per heavy atom. The molecule has 1 heterocycles. The van der Waals surface area contributed by atoms with Crippen LogP contribution in [-0.2, 0) is 19.1 Å². The predicted molar refractivity (Wildman–Crippen MR) is 125 cm³/mol. The van der Waals surface area contributed by atoms with E-state index in [0.29, 0.717) is 0 Å². The lowest BCUT2D eigenvalue weighted by Crippen LogP contribution is -2.40. The summed E-state index contributed by atoms with van der Waals surface area (Å²) in [6, 6.07) is 18.4. The lowest BCUT2D eigenvalue weighted by Gasteiger charge is -2.19. The maximum atomic E-state index is 12.5. The highest BCUT2D eigenvalue weighted by molar-refractivity contribution is 6.15. The molecule has 0 spiro atoms. The lowest BCUT2D eigenvalue weighted by atomic mass is 10.2. The number of esters is 1. The summed E-state index contributed by atoms with van der Waals surface area (Å²) < 4.78 is 10.4. The third-order valence-corrected chi connectivity index (χ3v) is 4.13. The van der Waals surface area contributed by atoms with Crippen LogP contribution in [-0.4, -0.2) is 36.0 Å². The predicted octanol–water partition coefficient (Wildman–Crippen LogP) is 3.66. The Morgan fingerprint density at radius 3 is 2.21 bits per heavy atom. The van der Waals surface area contributed by atoms with E-state index in [0.717, 1.165) is 11.1 Å². The van der Waals surface area contributed by atoms with Crippen molar-refractivity contribution in [2.24, 2.45) is 4.99 Å². The molecule has 0 saturated carbocycles. The number of nitrogens with one attached hydrogen (secondary N) is 2. The number of carbonyl (C=O) groups is 3. The molecule has 0 atom stereocenters. The van der Waals surface area contributed by atoms with Crippen LogP contribution < -0.4 is 10.6 Å². The number of hydrogen-bond donors (Lipinski definition) is 2. The molecule has 0 aromatic heterocycles. The minimum absolute atomic E-state index is 0.0448. The Bertz CT molecular complexity index is 1110. The molecule has 0 bridgehead atoms. The van der Waals surface area contributed by atoms with E-state index in [1.807, 2.05) is 60.7 Å². The van der Waals surface area contributed by atoms with E-state index in [4.69, 9.17) is 9.47 Å². The number of benzene rings is 2. The molecule has 0 saturated heterocycles. The molecule has 170 valence electrons. The Balaban J connectivity index is 1.79. The first-order valence-electron chi connectivity index (χ1n) is 10.3. The molecular weight excluding hydrogens is 422 g/mol. The van der Waals surface area contributed by atoms with Crippen LogP contribution >= 0.6 is 0 Å². The van der Waals surface area contributed by atoms with Crippen LogP contribution in [0.1, 0.15) is 31.9 Å². The molecule has 2 aromatic rings. The number of rotatable bonds is 6. The van der Waals surface area contributed by atoms with E-state index in [2.05, 4.69) is 15.6 Å². The number of aliphatic imine (C=N–C) groups is 1. The van der Waals surface area contributed by atoms with Crippen molar-refractivity contribution in [3.05, 3.63) is 83.2 Å². The van der Waals surface area contributed by atoms with Gasteiger partial charge in [0.05, 0.1) is 0 Å². The third-order valence-electron chi connectivity index (χ3n) is 4.13. The van der Waals surface area contributed by atoms with Crippen LogP contribution in [0.3, 0.4) is 0 Å². The van der Waals surface area contributed by atoms with Gasteiger partial charge in [-0.15, -0.1) is 0 Å². The summed E-state index contributed by atoms with van der Waals surface area (Å²) in [5.74, 6) is -1.21. The molecule has 0 radical (unpaired) electrons. The lowest BCUT2D eigenvalue weighted by molar-refractivity contribution is -0.130. The highest BCUT2D eigenvalue weighted by Crippen LogP contribution is 2.19. The van der Waals surface area contributed by atoms with Gasteiger partial charge in [-0.05, 0) is 44.1 Å². The number of hydrogen-bond acceptors (Lipinski definition) is 6. The zero-order chi connectivity index (χ0) is 23.8. The molecule has 2 amide bonds. The molecule has 2 aromatic carbocycles. The molecule has 0 unspecified atom stereocenters. The molecule has 1 aliphatic heterocycles. The normalized spacial score (nSPS) is 15.0. The zero-order valence-electron chi connectivity index (χ0n) is 18.6. The number of alkyl carbamates (subject to hydrolysis) is 1. The Morgan fingerprint density at radius 1 is 1.00 bits per heavy atom. The van der Waals surface area contributed by atoms with Gasteiger partial charge in [-0.2, -0.15) is 0 Å². The molecule has 0 aliphatic carbocycles. The number of nitrogens with zero attached hydrogens (tertiary/aromatic N) is 1. The van der Waals surface area contributed by atoms with E-state index in [-0.39, 0.29) is 23.8 Å². The smallest absolute Gasteiger partial charge is 0.408 e. The van der Waals surface area contributed by atoms with E-state index in [1.54, 1.807) is 32.9 Å². The molecule has 8 nitrogen and oxygen atoms in total. The zero-order valence-corrected chi connectivity index (χ0v) is 18.6. The van der Waals surface area contributed by atoms with Crippen molar-refractivity contribution in [1.29, 1.82) is 0 Å². The minimum atomic E-state index is -0.719. The van der Waals surface area contributed by atoms with E-state index in [9.17, 15) is 14.4 Å². The summed E-state index contributed by atoms with van der Waals surface area (Å²) in [7, 11) is 0. The number of cyclic esters (lactones) is 1. The van der Waals surface area contributed by atoms with Crippen LogP contribution in [0.15, 0.2) is 77.1 Å². The van der Waals surface area contributed by atoms with Crippen molar-refractivity contribution in [3.63, 3.8) is 0 Å². The number of ether oxygens (including phenoxy) is 2. The van der Waals surface area contributed by atoms with Gasteiger partial charge >= 0.3 is 12.1 Å². The fourth-order valence-corrected chi connectivity index (χ4v) is 2.76. The van der Waals surface area contributed by atoms with Gasteiger partial charge in [-0.25, -0.2) is 14.6 Å². The van der Waals surface area contributed by atoms with E-state index in [1.165, 1.54) is 0 Å². The standard InChI is InChI=1S/C25H25N3O5/c1-25(2,3)33-24(31)26-16-21(29)27-19(14-17-10-6-4-7-11-17)22-28-20(23(30)32-22)15-18-12-8-5-9-13-18/h4-15H,16H2,1-3H3,(H,26,31)(H,27,29)/b19-14-,20-15-. The molecule has 0 fully saturated rings. The molecule has 1 aliphatic rings. The first-order valence-corrected chi connectivity index (χ1v) is 10.3. The van der Waals surface area contributed by atoms with Crippen molar-refractivity contribution in [3.8, 4) is 0 Å². The Hall–Kier alpha value is -4.20. The SMILES string of the molecule is CC(C)(C)OC(=O)NCC(=O)N/C(=C\c1ccccc1)C1=N/C(=C\c2ccccc2)C(=O)O1. The van der Waals surface area contributed by atoms with Crippen molar-refractivity contribution in [2.45, 2.75) is 26.4 Å². The fourth-order valence-electron chi connectivity index (χ4n) is 2.76. The van der Waals surface area contributed by atoms with Gasteiger partial charge in [0, 0.05) is 0 Å². The van der Waals surface area contributed by atoms with Gasteiger partial charge in [0.25, 0.3) is 0 Å². The highest BCUT2D eigenvalue weighted by atomic mass is 16.6. The van der Waals surface area contributed by atoms with Crippen molar-refractivity contribution in [1.82, 2.24) is 10.6 Å². The second-order valence-electron chi connectivity index (χ2n) is 8.12. The Kier molecular flexibility index (Phi) is 7.40. The van der Waals surface area contributed by atoms with Gasteiger partial charge in [0.1, 0.15) is 17.8 Å². The van der Waals surface area contributed by atoms with Gasteiger partial charge < -0.3 is 20.1 Å². The summed E-state index contributed by atoms with van der Waals surface area (Å²) in [6.07, 6.45) is 2.51. The topological polar surface area (TPSA) is 106 Å².